The van der Waals surface area contributed by atoms with Crippen LogP contribution < -0.4 is 10.1 Å². The number of ether oxygens (including phenoxy) is 1. The number of fused-ring (bicyclic) bond motifs is 1. The number of hydrogen-bond donors (Lipinski definition) is 2. The van der Waals surface area contributed by atoms with Crippen molar-refractivity contribution in [3.05, 3.63) is 29.3 Å². The molecule has 1 aromatic carbocycles. The van der Waals surface area contributed by atoms with Crippen LogP contribution in [0.4, 0.5) is 0 Å². The van der Waals surface area contributed by atoms with E-state index in [2.05, 4.69) is 5.32 Å². The summed E-state index contributed by atoms with van der Waals surface area (Å²) in [6.45, 7) is 4.22. The molecular formula is C16H23NO3. The molecule has 1 aliphatic rings. The van der Waals surface area contributed by atoms with E-state index in [-0.39, 0.29) is 18.1 Å². The molecule has 0 fully saturated rings. The number of aliphatic hydroxyl groups excluding tert-OH is 1. The summed E-state index contributed by atoms with van der Waals surface area (Å²) in [5.74, 6) is 0.722. The maximum atomic E-state index is 11.5. The summed E-state index contributed by atoms with van der Waals surface area (Å²) < 4.78 is 5.60. The maximum absolute atomic E-state index is 11.5. The van der Waals surface area contributed by atoms with Gasteiger partial charge in [-0.1, -0.05) is 6.07 Å². The zero-order chi connectivity index (χ0) is 14.5. The minimum absolute atomic E-state index is 0.00186. The van der Waals surface area contributed by atoms with E-state index in [1.807, 2.05) is 32.0 Å². The van der Waals surface area contributed by atoms with Gasteiger partial charge < -0.3 is 15.2 Å². The van der Waals surface area contributed by atoms with Gasteiger partial charge in [-0.2, -0.15) is 0 Å². The molecule has 0 aromatic heterocycles. The molecule has 20 heavy (non-hydrogen) atoms. The van der Waals surface area contributed by atoms with E-state index in [9.17, 15) is 9.90 Å². The normalized spacial score (nSPS) is 17.7. The maximum Gasteiger partial charge on any atom is 0.223 e. The van der Waals surface area contributed by atoms with Crippen LogP contribution in [0.15, 0.2) is 18.2 Å². The predicted molar refractivity (Wildman–Crippen MR) is 77.7 cm³/mol. The van der Waals surface area contributed by atoms with Crippen LogP contribution in [-0.2, 0) is 11.2 Å². The number of benzene rings is 1. The van der Waals surface area contributed by atoms with E-state index in [0.717, 1.165) is 30.6 Å². The molecular weight excluding hydrogens is 254 g/mol. The van der Waals surface area contributed by atoms with Crippen LogP contribution in [-0.4, -0.2) is 23.7 Å². The van der Waals surface area contributed by atoms with Crippen molar-refractivity contribution in [2.45, 2.75) is 51.7 Å². The molecule has 0 spiro atoms. The third kappa shape index (κ3) is 3.97. The standard InChI is InChI=1S/C16H23NO3/c1-11(2)17-16(19)8-9-20-13-7-6-12-4-3-5-15(18)14(12)10-13/h6-7,10-11,15,18H,3-5,8-9H2,1-2H3,(H,17,19)/t15-/m1/s1. The second-order valence-corrected chi connectivity index (χ2v) is 5.59. The summed E-state index contributed by atoms with van der Waals surface area (Å²) in [7, 11) is 0. The SMILES string of the molecule is CC(C)NC(=O)CCOc1ccc2c(c1)[C@H](O)CCC2. The Kier molecular flexibility index (Phi) is 5.01. The van der Waals surface area contributed by atoms with Crippen LogP contribution in [0.3, 0.4) is 0 Å². The molecule has 0 bridgehead atoms. The summed E-state index contributed by atoms with van der Waals surface area (Å²) in [4.78, 5) is 11.5. The van der Waals surface area contributed by atoms with Crippen LogP contribution in [0, 0.1) is 0 Å². The Morgan fingerprint density at radius 2 is 2.30 bits per heavy atom. The molecule has 2 N–H and O–H groups in total. The fraction of sp³-hybridized carbons (Fsp3) is 0.562. The van der Waals surface area contributed by atoms with Crippen molar-refractivity contribution < 1.29 is 14.6 Å². The van der Waals surface area contributed by atoms with E-state index >= 15 is 0 Å². The second kappa shape index (κ2) is 6.75. The van der Waals surface area contributed by atoms with Crippen molar-refractivity contribution in [1.29, 1.82) is 0 Å². The molecule has 0 saturated carbocycles. The van der Waals surface area contributed by atoms with Crippen molar-refractivity contribution in [2.75, 3.05) is 6.61 Å². The number of aliphatic hydroxyl groups is 1. The third-order valence-corrected chi connectivity index (χ3v) is 3.45. The molecule has 1 aromatic rings. The van der Waals surface area contributed by atoms with E-state index in [1.54, 1.807) is 0 Å². The summed E-state index contributed by atoms with van der Waals surface area (Å²) in [6.07, 6.45) is 2.82. The highest BCUT2D eigenvalue weighted by Gasteiger charge is 2.18. The van der Waals surface area contributed by atoms with Gasteiger partial charge in [-0.3, -0.25) is 4.79 Å². The lowest BCUT2D eigenvalue weighted by molar-refractivity contribution is -0.122. The van der Waals surface area contributed by atoms with E-state index in [1.165, 1.54) is 5.56 Å². The number of carbonyl (C=O) groups is 1. The van der Waals surface area contributed by atoms with Crippen LogP contribution in [0.25, 0.3) is 0 Å². The summed E-state index contributed by atoms with van der Waals surface area (Å²) in [5, 5.41) is 12.8. The van der Waals surface area contributed by atoms with Gasteiger partial charge in [0.25, 0.3) is 0 Å². The van der Waals surface area contributed by atoms with Gasteiger partial charge in [0.05, 0.1) is 19.1 Å². The van der Waals surface area contributed by atoms with Crippen molar-refractivity contribution in [3.8, 4) is 5.75 Å². The Morgan fingerprint density at radius 3 is 3.05 bits per heavy atom. The molecule has 1 aliphatic carbocycles. The third-order valence-electron chi connectivity index (χ3n) is 3.45. The number of hydrogen-bond acceptors (Lipinski definition) is 3. The molecule has 0 heterocycles. The first-order valence-corrected chi connectivity index (χ1v) is 7.29. The van der Waals surface area contributed by atoms with Crippen LogP contribution in [0.1, 0.15) is 50.3 Å². The number of aryl methyl sites for hydroxylation is 1. The zero-order valence-corrected chi connectivity index (χ0v) is 12.2. The molecule has 1 atom stereocenters. The Balaban J connectivity index is 1.88. The highest BCUT2D eigenvalue weighted by Crippen LogP contribution is 2.32. The minimum atomic E-state index is -0.383. The van der Waals surface area contributed by atoms with Crippen molar-refractivity contribution in [2.24, 2.45) is 0 Å². The molecule has 110 valence electrons. The van der Waals surface area contributed by atoms with Crippen molar-refractivity contribution >= 4 is 5.91 Å². The fourth-order valence-corrected chi connectivity index (χ4v) is 2.50. The molecule has 2 rings (SSSR count). The van der Waals surface area contributed by atoms with Crippen LogP contribution >= 0.6 is 0 Å². The average Bonchev–Trinajstić information content (AvgIpc) is 2.39. The Morgan fingerprint density at radius 1 is 1.50 bits per heavy atom. The molecule has 1 amide bonds. The molecule has 4 nitrogen and oxygen atoms in total. The first-order chi connectivity index (χ1) is 9.56. The highest BCUT2D eigenvalue weighted by molar-refractivity contribution is 5.76. The lowest BCUT2D eigenvalue weighted by Gasteiger charge is -2.22. The van der Waals surface area contributed by atoms with Gasteiger partial charge in [0.15, 0.2) is 0 Å². The van der Waals surface area contributed by atoms with Gasteiger partial charge in [-0.05, 0) is 56.4 Å². The Bertz CT molecular complexity index is 471. The smallest absolute Gasteiger partial charge is 0.223 e. The Labute approximate surface area is 120 Å². The van der Waals surface area contributed by atoms with Gasteiger partial charge in [0.2, 0.25) is 5.91 Å². The average molecular weight is 277 g/mol. The molecule has 4 heteroatoms. The van der Waals surface area contributed by atoms with E-state index < -0.39 is 0 Å². The van der Waals surface area contributed by atoms with Gasteiger partial charge >= 0.3 is 0 Å². The van der Waals surface area contributed by atoms with Gasteiger partial charge in [0, 0.05) is 6.04 Å². The predicted octanol–water partition coefficient (Wildman–Crippen LogP) is 2.35. The number of nitrogens with one attached hydrogen (secondary N) is 1. The van der Waals surface area contributed by atoms with Gasteiger partial charge in [-0.15, -0.1) is 0 Å². The number of carbonyl (C=O) groups excluding carboxylic acids is 1. The van der Waals surface area contributed by atoms with Gasteiger partial charge in [-0.25, -0.2) is 0 Å². The molecule has 0 saturated heterocycles. The second-order valence-electron chi connectivity index (χ2n) is 5.59. The largest absolute Gasteiger partial charge is 0.493 e. The fourth-order valence-electron chi connectivity index (χ4n) is 2.50. The van der Waals surface area contributed by atoms with E-state index in [4.69, 9.17) is 4.74 Å². The zero-order valence-electron chi connectivity index (χ0n) is 12.2. The van der Waals surface area contributed by atoms with Gasteiger partial charge in [0.1, 0.15) is 5.75 Å². The minimum Gasteiger partial charge on any atom is -0.493 e. The summed E-state index contributed by atoms with van der Waals surface area (Å²) in [5.41, 5.74) is 2.18. The monoisotopic (exact) mass is 277 g/mol. The van der Waals surface area contributed by atoms with E-state index in [0.29, 0.717) is 13.0 Å². The first kappa shape index (κ1) is 14.9. The molecule has 0 radical (unpaired) electrons. The molecule has 0 unspecified atom stereocenters. The summed E-state index contributed by atoms with van der Waals surface area (Å²) in [6, 6.07) is 5.99. The lowest BCUT2D eigenvalue weighted by Crippen LogP contribution is -2.31. The number of rotatable bonds is 5. The van der Waals surface area contributed by atoms with Crippen LogP contribution in [0.5, 0.6) is 5.75 Å². The number of amides is 1. The van der Waals surface area contributed by atoms with Crippen LogP contribution in [0.2, 0.25) is 0 Å². The van der Waals surface area contributed by atoms with Crippen molar-refractivity contribution in [3.63, 3.8) is 0 Å². The highest BCUT2D eigenvalue weighted by atomic mass is 16.5. The Hall–Kier alpha value is -1.55. The summed E-state index contributed by atoms with van der Waals surface area (Å²) >= 11 is 0. The quantitative estimate of drug-likeness (QED) is 0.868. The lowest BCUT2D eigenvalue weighted by atomic mass is 9.89. The first-order valence-electron chi connectivity index (χ1n) is 7.29. The topological polar surface area (TPSA) is 58.6 Å². The van der Waals surface area contributed by atoms with Crippen molar-refractivity contribution in [1.82, 2.24) is 5.32 Å². The molecule has 0 aliphatic heterocycles.